The number of rotatable bonds is 2. The highest BCUT2D eigenvalue weighted by Gasteiger charge is 2.20. The average Bonchev–Trinajstić information content (AvgIpc) is 2.18. The number of hydroxylamine groups is 1. The molecule has 1 heterocycles. The van der Waals surface area contributed by atoms with Crippen LogP contribution in [0.15, 0.2) is 18.2 Å². The van der Waals surface area contributed by atoms with Crippen LogP contribution in [0.25, 0.3) is 0 Å². The smallest absolute Gasteiger partial charge is 0.124 e. The van der Waals surface area contributed by atoms with Gasteiger partial charge in [-0.1, -0.05) is 12.1 Å². The Hall–Kier alpha value is -1.06. The molecule has 1 atom stereocenters. The molecule has 1 aromatic carbocycles. The Kier molecular flexibility index (Phi) is 2.70. The van der Waals surface area contributed by atoms with E-state index < -0.39 is 0 Å². The van der Waals surface area contributed by atoms with Crippen LogP contribution in [0.4, 0.5) is 0 Å². The predicted molar refractivity (Wildman–Crippen MR) is 54.2 cm³/mol. The molecule has 0 aliphatic carbocycles. The van der Waals surface area contributed by atoms with Crippen molar-refractivity contribution in [3.05, 3.63) is 29.3 Å². The summed E-state index contributed by atoms with van der Waals surface area (Å²) in [5, 5.41) is 0. The highest BCUT2D eigenvalue weighted by Crippen LogP contribution is 2.32. The van der Waals surface area contributed by atoms with E-state index in [1.807, 2.05) is 0 Å². The van der Waals surface area contributed by atoms with Crippen molar-refractivity contribution in [3.8, 4) is 5.75 Å². The Balaban J connectivity index is 2.30. The molecule has 3 heteroatoms. The molecule has 0 bridgehead atoms. The first-order valence-corrected chi connectivity index (χ1v) is 4.83. The second-order valence-corrected chi connectivity index (χ2v) is 3.55. The van der Waals surface area contributed by atoms with Gasteiger partial charge < -0.3 is 9.57 Å². The highest BCUT2D eigenvalue weighted by molar-refractivity contribution is 5.40. The van der Waals surface area contributed by atoms with Crippen molar-refractivity contribution in [1.82, 2.24) is 5.48 Å². The topological polar surface area (TPSA) is 30.5 Å². The van der Waals surface area contributed by atoms with Gasteiger partial charge in [0, 0.05) is 12.0 Å². The lowest BCUT2D eigenvalue weighted by Crippen LogP contribution is -2.26. The van der Waals surface area contributed by atoms with E-state index in [-0.39, 0.29) is 6.04 Å². The Bertz CT molecular complexity index is 325. The molecule has 0 amide bonds. The zero-order valence-electron chi connectivity index (χ0n) is 8.54. The monoisotopic (exact) mass is 193 g/mol. The highest BCUT2D eigenvalue weighted by atomic mass is 16.6. The number of nitrogens with one attached hydrogen (secondary N) is 1. The standard InChI is InChI=1S/C11H15NO2/c1-8-3-4-9-10(12-13-2)5-6-14-11(9)7-8/h3-4,7,10,12H,5-6H2,1-2H3. The van der Waals surface area contributed by atoms with Crippen molar-refractivity contribution >= 4 is 0 Å². The maximum atomic E-state index is 5.59. The first kappa shape index (κ1) is 9.49. The minimum Gasteiger partial charge on any atom is -0.493 e. The summed E-state index contributed by atoms with van der Waals surface area (Å²) in [4.78, 5) is 4.96. The summed E-state index contributed by atoms with van der Waals surface area (Å²) in [5.41, 5.74) is 5.39. The zero-order chi connectivity index (χ0) is 9.97. The van der Waals surface area contributed by atoms with E-state index in [0.29, 0.717) is 0 Å². The average molecular weight is 193 g/mol. The fourth-order valence-electron chi connectivity index (χ4n) is 1.76. The summed E-state index contributed by atoms with van der Waals surface area (Å²) in [6.45, 7) is 2.81. The number of hydrogen-bond acceptors (Lipinski definition) is 3. The first-order chi connectivity index (χ1) is 6.81. The van der Waals surface area contributed by atoms with E-state index in [4.69, 9.17) is 9.57 Å². The van der Waals surface area contributed by atoms with Crippen LogP contribution in [0.3, 0.4) is 0 Å². The molecule has 1 unspecified atom stereocenters. The van der Waals surface area contributed by atoms with E-state index in [0.717, 1.165) is 18.8 Å². The van der Waals surface area contributed by atoms with Crippen molar-refractivity contribution in [3.63, 3.8) is 0 Å². The molecule has 0 fully saturated rings. The lowest BCUT2D eigenvalue weighted by Gasteiger charge is -2.26. The van der Waals surface area contributed by atoms with Gasteiger partial charge in [-0.15, -0.1) is 0 Å². The van der Waals surface area contributed by atoms with Gasteiger partial charge in [-0.3, -0.25) is 0 Å². The quantitative estimate of drug-likeness (QED) is 0.728. The predicted octanol–water partition coefficient (Wildman–Crippen LogP) is 1.97. The van der Waals surface area contributed by atoms with Gasteiger partial charge in [-0.25, -0.2) is 0 Å². The van der Waals surface area contributed by atoms with Crippen molar-refractivity contribution in [2.24, 2.45) is 0 Å². The van der Waals surface area contributed by atoms with Gasteiger partial charge in [0.1, 0.15) is 5.75 Å². The normalized spacial score (nSPS) is 20.0. The van der Waals surface area contributed by atoms with Gasteiger partial charge in [0.25, 0.3) is 0 Å². The molecule has 2 rings (SSSR count). The fourth-order valence-corrected chi connectivity index (χ4v) is 1.76. The molecule has 1 aliphatic heterocycles. The molecule has 76 valence electrons. The molecule has 1 N–H and O–H groups in total. The molecular formula is C11H15NO2. The van der Waals surface area contributed by atoms with E-state index in [2.05, 4.69) is 30.6 Å². The Morgan fingerprint density at radius 1 is 1.50 bits per heavy atom. The molecule has 14 heavy (non-hydrogen) atoms. The van der Waals surface area contributed by atoms with Crippen LogP contribution in [-0.2, 0) is 4.84 Å². The molecule has 0 saturated heterocycles. The van der Waals surface area contributed by atoms with Gasteiger partial charge in [-0.05, 0) is 18.6 Å². The first-order valence-electron chi connectivity index (χ1n) is 4.83. The lowest BCUT2D eigenvalue weighted by atomic mass is 10.00. The molecule has 0 saturated carbocycles. The third-order valence-corrected chi connectivity index (χ3v) is 2.47. The van der Waals surface area contributed by atoms with E-state index in [1.54, 1.807) is 7.11 Å². The van der Waals surface area contributed by atoms with Gasteiger partial charge in [-0.2, -0.15) is 5.48 Å². The minimum atomic E-state index is 0.254. The summed E-state index contributed by atoms with van der Waals surface area (Å²) in [7, 11) is 1.64. The van der Waals surface area contributed by atoms with Crippen LogP contribution in [-0.4, -0.2) is 13.7 Å². The van der Waals surface area contributed by atoms with Crippen molar-refractivity contribution in [1.29, 1.82) is 0 Å². The SMILES string of the molecule is CONC1CCOc2cc(C)ccc21. The summed E-state index contributed by atoms with van der Waals surface area (Å²) >= 11 is 0. The van der Waals surface area contributed by atoms with Gasteiger partial charge in [0.2, 0.25) is 0 Å². The second-order valence-electron chi connectivity index (χ2n) is 3.55. The third-order valence-electron chi connectivity index (χ3n) is 2.47. The lowest BCUT2D eigenvalue weighted by molar-refractivity contribution is 0.0463. The molecule has 1 aromatic rings. The summed E-state index contributed by atoms with van der Waals surface area (Å²) < 4.78 is 5.59. The number of ether oxygens (including phenoxy) is 1. The van der Waals surface area contributed by atoms with Crippen LogP contribution in [0.5, 0.6) is 5.75 Å². The molecule has 0 aromatic heterocycles. The van der Waals surface area contributed by atoms with Crippen LogP contribution in [0.2, 0.25) is 0 Å². The Morgan fingerprint density at radius 2 is 2.36 bits per heavy atom. The number of aryl methyl sites for hydroxylation is 1. The van der Waals surface area contributed by atoms with Gasteiger partial charge in [0.15, 0.2) is 0 Å². The fraction of sp³-hybridized carbons (Fsp3) is 0.455. The van der Waals surface area contributed by atoms with Gasteiger partial charge >= 0.3 is 0 Å². The molecular weight excluding hydrogens is 178 g/mol. The summed E-state index contributed by atoms with van der Waals surface area (Å²) in [6, 6.07) is 6.52. The largest absolute Gasteiger partial charge is 0.493 e. The summed E-state index contributed by atoms with van der Waals surface area (Å²) in [5.74, 6) is 0.978. The second kappa shape index (κ2) is 3.98. The number of fused-ring (bicyclic) bond motifs is 1. The van der Waals surface area contributed by atoms with Gasteiger partial charge in [0.05, 0.1) is 19.8 Å². The molecule has 1 aliphatic rings. The summed E-state index contributed by atoms with van der Waals surface area (Å²) in [6.07, 6.45) is 0.948. The molecule has 3 nitrogen and oxygen atoms in total. The van der Waals surface area contributed by atoms with E-state index in [1.165, 1.54) is 11.1 Å². The minimum absolute atomic E-state index is 0.254. The maximum Gasteiger partial charge on any atom is 0.124 e. The van der Waals surface area contributed by atoms with Crippen molar-refractivity contribution < 1.29 is 9.57 Å². The van der Waals surface area contributed by atoms with E-state index in [9.17, 15) is 0 Å². The van der Waals surface area contributed by atoms with Crippen LogP contribution in [0.1, 0.15) is 23.6 Å². The zero-order valence-corrected chi connectivity index (χ0v) is 8.54. The van der Waals surface area contributed by atoms with Crippen LogP contribution >= 0.6 is 0 Å². The third kappa shape index (κ3) is 1.74. The van der Waals surface area contributed by atoms with Crippen molar-refractivity contribution in [2.75, 3.05) is 13.7 Å². The Morgan fingerprint density at radius 3 is 3.14 bits per heavy atom. The van der Waals surface area contributed by atoms with Crippen molar-refractivity contribution in [2.45, 2.75) is 19.4 Å². The van der Waals surface area contributed by atoms with Crippen LogP contribution < -0.4 is 10.2 Å². The molecule has 0 spiro atoms. The van der Waals surface area contributed by atoms with Crippen LogP contribution in [0, 0.1) is 6.92 Å². The number of hydrogen-bond donors (Lipinski definition) is 1. The molecule has 0 radical (unpaired) electrons. The maximum absolute atomic E-state index is 5.59. The Labute approximate surface area is 84.0 Å². The van der Waals surface area contributed by atoms with E-state index >= 15 is 0 Å². The number of benzene rings is 1.